The Hall–Kier alpha value is -3.03. The SMILES string of the molecule is CCOC(=O)c1c(NC(=O)CSc2nnc(C(F)(F)F)n2N)oc(C)c1C(C)=O. The lowest BCUT2D eigenvalue weighted by Crippen LogP contribution is -2.22. The number of thioether (sulfide) groups is 1. The van der Waals surface area contributed by atoms with Crippen LogP contribution < -0.4 is 11.2 Å². The van der Waals surface area contributed by atoms with E-state index >= 15 is 0 Å². The number of hydrogen-bond acceptors (Lipinski definition) is 9. The first-order chi connectivity index (χ1) is 13.5. The number of aryl methyl sites for hydroxylation is 1. The molecule has 0 bridgehead atoms. The van der Waals surface area contributed by atoms with Gasteiger partial charge in [0, 0.05) is 0 Å². The van der Waals surface area contributed by atoms with Gasteiger partial charge in [0.05, 0.1) is 17.9 Å². The largest absolute Gasteiger partial charge is 0.462 e. The van der Waals surface area contributed by atoms with Crippen molar-refractivity contribution >= 4 is 35.3 Å². The maximum atomic E-state index is 12.7. The van der Waals surface area contributed by atoms with Gasteiger partial charge in [-0.05, 0) is 20.8 Å². The summed E-state index contributed by atoms with van der Waals surface area (Å²) in [7, 11) is 0. The van der Waals surface area contributed by atoms with Gasteiger partial charge in [-0.2, -0.15) is 13.2 Å². The molecule has 14 heteroatoms. The van der Waals surface area contributed by atoms with Crippen LogP contribution in [0.3, 0.4) is 0 Å². The topological polar surface area (TPSA) is 142 Å². The number of esters is 1. The second-order valence-corrected chi connectivity index (χ2v) is 6.47. The summed E-state index contributed by atoms with van der Waals surface area (Å²) >= 11 is 0.581. The molecule has 0 atom stereocenters. The molecule has 2 aromatic heterocycles. The first kappa shape index (κ1) is 22.3. The number of halogens is 3. The maximum absolute atomic E-state index is 12.7. The van der Waals surface area contributed by atoms with E-state index in [2.05, 4.69) is 15.5 Å². The number of aromatic nitrogens is 3. The molecule has 0 radical (unpaired) electrons. The highest BCUT2D eigenvalue weighted by molar-refractivity contribution is 7.99. The van der Waals surface area contributed by atoms with E-state index in [0.29, 0.717) is 11.8 Å². The summed E-state index contributed by atoms with van der Waals surface area (Å²) in [6.45, 7) is 4.23. The third kappa shape index (κ3) is 4.88. The number of ether oxygens (including phenoxy) is 1. The van der Waals surface area contributed by atoms with Gasteiger partial charge in [0.25, 0.3) is 5.82 Å². The lowest BCUT2D eigenvalue weighted by atomic mass is 10.1. The van der Waals surface area contributed by atoms with Crippen LogP contribution in [0.5, 0.6) is 0 Å². The van der Waals surface area contributed by atoms with Crippen LogP contribution in [0.2, 0.25) is 0 Å². The molecule has 0 aliphatic heterocycles. The summed E-state index contributed by atoms with van der Waals surface area (Å²) in [5.41, 5.74) is -0.278. The third-order valence-electron chi connectivity index (χ3n) is 3.42. The molecule has 0 aliphatic rings. The van der Waals surface area contributed by atoms with E-state index in [1.165, 1.54) is 13.8 Å². The van der Waals surface area contributed by atoms with Crippen molar-refractivity contribution in [3.63, 3.8) is 0 Å². The Bertz CT molecular complexity index is 953. The van der Waals surface area contributed by atoms with E-state index in [1.807, 2.05) is 0 Å². The number of rotatable bonds is 7. The van der Waals surface area contributed by atoms with Crippen molar-refractivity contribution in [3.05, 3.63) is 22.7 Å². The van der Waals surface area contributed by atoms with Gasteiger partial charge in [-0.25, -0.2) is 9.47 Å². The molecule has 0 aliphatic carbocycles. The fourth-order valence-corrected chi connectivity index (χ4v) is 2.97. The molecular weight excluding hydrogens is 419 g/mol. The van der Waals surface area contributed by atoms with Crippen molar-refractivity contribution in [2.45, 2.75) is 32.1 Å². The Balaban J connectivity index is 2.17. The van der Waals surface area contributed by atoms with Gasteiger partial charge in [-0.1, -0.05) is 11.8 Å². The Morgan fingerprint density at radius 2 is 1.93 bits per heavy atom. The fraction of sp³-hybridized carbons (Fsp3) is 0.400. The molecule has 0 saturated carbocycles. The summed E-state index contributed by atoms with van der Waals surface area (Å²) in [5.74, 6) is 1.14. The van der Waals surface area contributed by atoms with Gasteiger partial charge in [-0.3, -0.25) is 14.9 Å². The number of ketones is 1. The highest BCUT2D eigenvalue weighted by atomic mass is 32.2. The molecule has 3 N–H and O–H groups in total. The molecule has 0 fully saturated rings. The number of nitrogens with zero attached hydrogens (tertiary/aromatic N) is 3. The normalized spacial score (nSPS) is 11.4. The van der Waals surface area contributed by atoms with Crippen molar-refractivity contribution in [2.75, 3.05) is 23.5 Å². The number of carbonyl (C=O) groups is 3. The highest BCUT2D eigenvalue weighted by Crippen LogP contribution is 2.30. The number of furan rings is 1. The van der Waals surface area contributed by atoms with Crippen molar-refractivity contribution in [1.82, 2.24) is 14.9 Å². The average molecular weight is 435 g/mol. The predicted molar refractivity (Wildman–Crippen MR) is 93.9 cm³/mol. The van der Waals surface area contributed by atoms with Gasteiger partial charge in [-0.15, -0.1) is 10.2 Å². The van der Waals surface area contributed by atoms with E-state index in [4.69, 9.17) is 15.0 Å². The zero-order chi connectivity index (χ0) is 21.9. The van der Waals surface area contributed by atoms with Crippen molar-refractivity contribution in [1.29, 1.82) is 0 Å². The Kier molecular flexibility index (Phi) is 6.56. The molecule has 0 saturated heterocycles. The molecule has 2 rings (SSSR count). The molecule has 0 unspecified atom stereocenters. The smallest absolute Gasteiger partial charge is 0.453 e. The van der Waals surface area contributed by atoms with E-state index in [-0.39, 0.29) is 39.2 Å². The predicted octanol–water partition coefficient (Wildman–Crippen LogP) is 2.02. The standard InChI is InChI=1S/C15H16F3N5O5S/c1-4-27-12(26)10-9(6(2)24)7(3)28-11(10)20-8(25)5-29-14-22-21-13(23(14)19)15(16,17)18/h4-5,19H2,1-3H3,(H,20,25). The van der Waals surface area contributed by atoms with Crippen LogP contribution in [0.15, 0.2) is 9.57 Å². The molecule has 158 valence electrons. The van der Waals surface area contributed by atoms with Crippen LogP contribution >= 0.6 is 11.8 Å². The van der Waals surface area contributed by atoms with Crippen LogP contribution in [-0.2, 0) is 15.7 Å². The van der Waals surface area contributed by atoms with E-state index in [9.17, 15) is 27.6 Å². The van der Waals surface area contributed by atoms with Crippen LogP contribution in [0.1, 0.15) is 46.1 Å². The maximum Gasteiger partial charge on any atom is 0.453 e. The lowest BCUT2D eigenvalue weighted by Gasteiger charge is -2.07. The molecule has 1 amide bonds. The Morgan fingerprint density at radius 3 is 2.45 bits per heavy atom. The number of anilines is 1. The quantitative estimate of drug-likeness (QED) is 0.289. The number of nitrogens with two attached hydrogens (primary N) is 1. The van der Waals surface area contributed by atoms with Gasteiger partial charge >= 0.3 is 12.1 Å². The van der Waals surface area contributed by atoms with Crippen LogP contribution in [-0.4, -0.2) is 44.9 Å². The van der Waals surface area contributed by atoms with Crippen molar-refractivity contribution in [3.8, 4) is 0 Å². The summed E-state index contributed by atoms with van der Waals surface area (Å²) < 4.78 is 48.4. The molecule has 2 aromatic rings. The van der Waals surface area contributed by atoms with Crippen LogP contribution in [0, 0.1) is 6.92 Å². The third-order valence-corrected chi connectivity index (χ3v) is 4.36. The number of hydrogen-bond donors (Lipinski definition) is 2. The summed E-state index contributed by atoms with van der Waals surface area (Å²) in [4.78, 5) is 36.2. The van der Waals surface area contributed by atoms with E-state index < -0.39 is 35.4 Å². The van der Waals surface area contributed by atoms with Gasteiger partial charge < -0.3 is 15.0 Å². The average Bonchev–Trinajstić information content (AvgIpc) is 3.12. The molecular formula is C15H16F3N5O5S. The van der Waals surface area contributed by atoms with Gasteiger partial charge in [0.15, 0.2) is 5.78 Å². The first-order valence-electron chi connectivity index (χ1n) is 7.99. The Labute approximate surface area is 165 Å². The van der Waals surface area contributed by atoms with Gasteiger partial charge in [0.1, 0.15) is 11.3 Å². The van der Waals surface area contributed by atoms with Crippen LogP contribution in [0.25, 0.3) is 0 Å². The number of nitrogen functional groups attached to an aromatic ring is 1. The number of Topliss-reactive ketones (excluding diaryl/α,β-unsaturated/α-hetero) is 1. The van der Waals surface area contributed by atoms with Crippen molar-refractivity contribution in [2.24, 2.45) is 0 Å². The van der Waals surface area contributed by atoms with Crippen molar-refractivity contribution < 1.29 is 36.7 Å². The molecule has 0 spiro atoms. The molecule has 10 nitrogen and oxygen atoms in total. The highest BCUT2D eigenvalue weighted by Gasteiger charge is 2.38. The zero-order valence-corrected chi connectivity index (χ0v) is 16.2. The second-order valence-electron chi connectivity index (χ2n) is 5.52. The fourth-order valence-electron chi connectivity index (χ4n) is 2.32. The second kappa shape index (κ2) is 8.55. The lowest BCUT2D eigenvalue weighted by molar-refractivity contribution is -0.146. The summed E-state index contributed by atoms with van der Waals surface area (Å²) in [6.07, 6.45) is -4.80. The zero-order valence-electron chi connectivity index (χ0n) is 15.4. The monoisotopic (exact) mass is 435 g/mol. The summed E-state index contributed by atoms with van der Waals surface area (Å²) in [5, 5.41) is 8.16. The molecule has 29 heavy (non-hydrogen) atoms. The number of amides is 1. The first-order valence-corrected chi connectivity index (χ1v) is 8.97. The van der Waals surface area contributed by atoms with Crippen LogP contribution in [0.4, 0.5) is 19.1 Å². The Morgan fingerprint density at radius 1 is 1.28 bits per heavy atom. The summed E-state index contributed by atoms with van der Waals surface area (Å²) in [6, 6.07) is 0. The molecule has 0 aromatic carbocycles. The number of carbonyl (C=O) groups excluding carboxylic acids is 3. The minimum Gasteiger partial charge on any atom is -0.462 e. The minimum atomic E-state index is -4.80. The molecule has 2 heterocycles. The number of alkyl halides is 3. The number of nitrogens with one attached hydrogen (secondary N) is 1. The van der Waals surface area contributed by atoms with Gasteiger partial charge in [0.2, 0.25) is 16.9 Å². The van der Waals surface area contributed by atoms with E-state index in [1.54, 1.807) is 6.92 Å². The van der Waals surface area contributed by atoms with E-state index in [0.717, 1.165) is 0 Å². The minimum absolute atomic E-state index is 0.0251.